The molecule has 2 N–H and O–H groups in total. The summed E-state index contributed by atoms with van der Waals surface area (Å²) in [6.07, 6.45) is 1.02. The van der Waals surface area contributed by atoms with Gasteiger partial charge in [0.05, 0.1) is 0 Å². The molecule has 0 heterocycles. The van der Waals surface area contributed by atoms with Crippen LogP contribution in [0.5, 0.6) is 5.75 Å². The van der Waals surface area contributed by atoms with Crippen LogP contribution in [-0.4, -0.2) is 28.1 Å². The second-order valence-corrected chi connectivity index (χ2v) is 3.33. The predicted octanol–water partition coefficient (Wildman–Crippen LogP) is 1.16. The Morgan fingerprint density at radius 2 is 1.56 bits per heavy atom. The van der Waals surface area contributed by atoms with Crippen molar-refractivity contribution >= 4 is 24.0 Å². The van der Waals surface area contributed by atoms with Crippen LogP contribution in [0.1, 0.15) is 12.5 Å². The van der Waals surface area contributed by atoms with Gasteiger partial charge in [-0.05, 0) is 23.8 Å². The van der Waals surface area contributed by atoms with Gasteiger partial charge in [0.15, 0.2) is 0 Å². The molecule has 0 aromatic heterocycles. The smallest absolute Gasteiger partial charge is 0.343 e. The minimum atomic E-state index is -1.52. The molecule has 1 aromatic rings. The highest BCUT2D eigenvalue weighted by Crippen LogP contribution is 2.15. The molecule has 1 rings (SSSR count). The molecule has 6 heteroatoms. The number of carbonyl (C=O) groups excluding carboxylic acids is 1. The quantitative estimate of drug-likeness (QED) is 0.273. The Morgan fingerprint density at radius 1 is 1.06 bits per heavy atom. The first-order valence-corrected chi connectivity index (χ1v) is 4.87. The van der Waals surface area contributed by atoms with E-state index in [0.29, 0.717) is 11.3 Å². The molecule has 0 aliphatic rings. The molecular weight excluding hydrogens is 240 g/mol. The lowest BCUT2D eigenvalue weighted by atomic mass is 10.1. The van der Waals surface area contributed by atoms with Crippen LogP contribution in [0.15, 0.2) is 29.8 Å². The monoisotopic (exact) mass is 250 g/mol. The summed E-state index contributed by atoms with van der Waals surface area (Å²) in [5.41, 5.74) is -0.360. The Balaban J connectivity index is 2.98. The number of carboxylic acids is 2. The summed E-state index contributed by atoms with van der Waals surface area (Å²) in [5, 5.41) is 17.3. The minimum absolute atomic E-state index is 0.298. The highest BCUT2D eigenvalue weighted by atomic mass is 16.5. The van der Waals surface area contributed by atoms with Gasteiger partial charge in [-0.15, -0.1) is 0 Å². The van der Waals surface area contributed by atoms with Gasteiger partial charge >= 0.3 is 17.9 Å². The van der Waals surface area contributed by atoms with Gasteiger partial charge in [-0.3, -0.25) is 4.79 Å². The van der Waals surface area contributed by atoms with Crippen molar-refractivity contribution < 1.29 is 29.3 Å². The van der Waals surface area contributed by atoms with Crippen LogP contribution in [0.2, 0.25) is 0 Å². The number of ether oxygens (including phenoxy) is 1. The molecule has 0 atom stereocenters. The zero-order valence-corrected chi connectivity index (χ0v) is 9.41. The first kappa shape index (κ1) is 13.4. The second kappa shape index (κ2) is 5.62. The van der Waals surface area contributed by atoms with E-state index in [2.05, 4.69) is 0 Å². The highest BCUT2D eigenvalue weighted by Gasteiger charge is 2.15. The molecule has 0 bridgehead atoms. The van der Waals surface area contributed by atoms with Crippen molar-refractivity contribution in [2.24, 2.45) is 0 Å². The number of carboxylic acid groups (broad SMARTS) is 2. The van der Waals surface area contributed by atoms with Crippen LogP contribution < -0.4 is 4.74 Å². The normalized spacial score (nSPS) is 9.39. The van der Waals surface area contributed by atoms with Crippen LogP contribution >= 0.6 is 0 Å². The Kier molecular flexibility index (Phi) is 4.20. The summed E-state index contributed by atoms with van der Waals surface area (Å²) >= 11 is 0. The van der Waals surface area contributed by atoms with E-state index in [1.165, 1.54) is 31.2 Å². The fourth-order valence-corrected chi connectivity index (χ4v) is 1.18. The van der Waals surface area contributed by atoms with Crippen molar-refractivity contribution in [3.8, 4) is 5.75 Å². The van der Waals surface area contributed by atoms with Crippen molar-refractivity contribution in [3.05, 3.63) is 35.4 Å². The molecule has 0 aliphatic heterocycles. The number of carbonyl (C=O) groups is 3. The van der Waals surface area contributed by atoms with Gasteiger partial charge in [-0.25, -0.2) is 9.59 Å². The third kappa shape index (κ3) is 3.75. The second-order valence-electron chi connectivity index (χ2n) is 3.33. The first-order valence-electron chi connectivity index (χ1n) is 4.87. The SMILES string of the molecule is CC(=O)Oc1ccc(C=C(C(=O)O)C(=O)O)cc1. The van der Waals surface area contributed by atoms with Crippen molar-refractivity contribution in [2.45, 2.75) is 6.92 Å². The molecule has 0 unspecified atom stereocenters. The van der Waals surface area contributed by atoms with E-state index in [1.54, 1.807) is 0 Å². The number of hydrogen-bond acceptors (Lipinski definition) is 4. The fraction of sp³-hybridized carbons (Fsp3) is 0.0833. The first-order chi connectivity index (χ1) is 8.40. The Bertz CT molecular complexity index is 496. The summed E-state index contributed by atoms with van der Waals surface area (Å²) in [5.74, 6) is -3.22. The zero-order chi connectivity index (χ0) is 13.7. The molecular formula is C12H10O6. The molecule has 1 aromatic carbocycles. The molecule has 0 fully saturated rings. The average molecular weight is 250 g/mol. The number of rotatable bonds is 4. The van der Waals surface area contributed by atoms with Crippen LogP contribution in [-0.2, 0) is 14.4 Å². The van der Waals surface area contributed by atoms with E-state index in [-0.39, 0.29) is 0 Å². The molecule has 0 saturated carbocycles. The lowest BCUT2D eigenvalue weighted by Crippen LogP contribution is -2.10. The maximum atomic E-state index is 10.7. The van der Waals surface area contributed by atoms with Crippen molar-refractivity contribution in [1.29, 1.82) is 0 Å². The van der Waals surface area contributed by atoms with Crippen molar-refractivity contribution in [3.63, 3.8) is 0 Å². The maximum absolute atomic E-state index is 10.7. The standard InChI is InChI=1S/C12H10O6/c1-7(13)18-9-4-2-8(3-5-9)6-10(11(14)15)12(16)17/h2-6H,1H3,(H,14,15)(H,16,17). The van der Waals surface area contributed by atoms with Gasteiger partial charge in [0.2, 0.25) is 0 Å². The number of hydrogen-bond donors (Lipinski definition) is 2. The molecule has 0 radical (unpaired) electrons. The van der Waals surface area contributed by atoms with E-state index >= 15 is 0 Å². The summed E-state index contributed by atoms with van der Waals surface area (Å²) in [7, 11) is 0. The summed E-state index contributed by atoms with van der Waals surface area (Å²) in [6, 6.07) is 5.78. The largest absolute Gasteiger partial charge is 0.477 e. The van der Waals surface area contributed by atoms with Crippen molar-refractivity contribution in [1.82, 2.24) is 0 Å². The van der Waals surface area contributed by atoms with E-state index in [0.717, 1.165) is 6.08 Å². The molecule has 0 amide bonds. The Morgan fingerprint density at radius 3 is 1.94 bits per heavy atom. The summed E-state index contributed by atoms with van der Waals surface area (Å²) in [6.45, 7) is 1.25. The van der Waals surface area contributed by atoms with Gasteiger partial charge in [-0.1, -0.05) is 12.1 Å². The van der Waals surface area contributed by atoms with Crippen LogP contribution in [0.25, 0.3) is 6.08 Å². The van der Waals surface area contributed by atoms with Crippen molar-refractivity contribution in [2.75, 3.05) is 0 Å². The van der Waals surface area contributed by atoms with E-state index < -0.39 is 23.5 Å². The molecule has 0 aliphatic carbocycles. The van der Waals surface area contributed by atoms with Gasteiger partial charge in [0, 0.05) is 6.92 Å². The van der Waals surface area contributed by atoms with Gasteiger partial charge in [-0.2, -0.15) is 0 Å². The van der Waals surface area contributed by atoms with E-state index in [1.807, 2.05) is 0 Å². The lowest BCUT2D eigenvalue weighted by molar-refractivity contribution is -0.140. The lowest BCUT2D eigenvalue weighted by Gasteiger charge is -2.01. The number of esters is 1. The Labute approximate surface area is 102 Å². The Hall–Kier alpha value is -2.63. The molecule has 6 nitrogen and oxygen atoms in total. The van der Waals surface area contributed by atoms with Crippen LogP contribution in [0, 0.1) is 0 Å². The molecule has 0 saturated heterocycles. The molecule has 0 spiro atoms. The van der Waals surface area contributed by atoms with Gasteiger partial charge < -0.3 is 14.9 Å². The fourth-order valence-electron chi connectivity index (χ4n) is 1.18. The molecule has 18 heavy (non-hydrogen) atoms. The highest BCUT2D eigenvalue weighted by molar-refractivity contribution is 6.16. The van der Waals surface area contributed by atoms with Crippen LogP contribution in [0.3, 0.4) is 0 Å². The van der Waals surface area contributed by atoms with Gasteiger partial charge in [0.25, 0.3) is 0 Å². The number of benzene rings is 1. The maximum Gasteiger partial charge on any atom is 0.343 e. The third-order valence-electron chi connectivity index (χ3n) is 1.91. The van der Waals surface area contributed by atoms with Gasteiger partial charge in [0.1, 0.15) is 11.3 Å². The van der Waals surface area contributed by atoms with E-state index in [4.69, 9.17) is 14.9 Å². The van der Waals surface area contributed by atoms with E-state index in [9.17, 15) is 14.4 Å². The topological polar surface area (TPSA) is 101 Å². The van der Waals surface area contributed by atoms with Crippen LogP contribution in [0.4, 0.5) is 0 Å². The number of aliphatic carboxylic acids is 2. The summed E-state index contributed by atoms with van der Waals surface area (Å²) < 4.78 is 4.78. The zero-order valence-electron chi connectivity index (χ0n) is 9.41. The minimum Gasteiger partial charge on any atom is -0.477 e. The predicted molar refractivity (Wildman–Crippen MR) is 61.0 cm³/mol. The average Bonchev–Trinajstić information content (AvgIpc) is 2.26. The summed E-state index contributed by atoms with van der Waals surface area (Å²) in [4.78, 5) is 31.9. The third-order valence-corrected chi connectivity index (χ3v) is 1.91. The molecule has 94 valence electrons.